The predicted molar refractivity (Wildman–Crippen MR) is 131 cm³/mol. The molecule has 0 unspecified atom stereocenters. The van der Waals surface area contributed by atoms with Gasteiger partial charge < -0.3 is 14.9 Å². The molecule has 6 nitrogen and oxygen atoms in total. The standard InChI is InChI=1S/C28H29N3O3/c32-27(26(21-10-3-1-4-11-21)22-12-5-2-6-13-22)31-19-23(17-24(31)28(33)34)30-16-8-7-9-20-14-15-29-18-25(20)30/h1-6,10-15,18,23-24,26H,7-9,16-17,19H2,(H,33,34)/t23-,24+/m1/s1. The van der Waals surface area contributed by atoms with Crippen LogP contribution in [-0.2, 0) is 16.0 Å². The molecule has 5 rings (SSSR count). The summed E-state index contributed by atoms with van der Waals surface area (Å²) in [4.78, 5) is 34.6. The molecule has 0 spiro atoms. The van der Waals surface area contributed by atoms with Gasteiger partial charge in [-0.2, -0.15) is 0 Å². The van der Waals surface area contributed by atoms with E-state index in [0.717, 1.165) is 42.6 Å². The number of rotatable bonds is 5. The molecule has 3 aromatic rings. The molecule has 1 N–H and O–H groups in total. The van der Waals surface area contributed by atoms with Crippen molar-refractivity contribution in [1.29, 1.82) is 0 Å². The second-order valence-corrected chi connectivity index (χ2v) is 9.14. The molecule has 2 atom stereocenters. The molecule has 1 amide bonds. The van der Waals surface area contributed by atoms with Gasteiger partial charge >= 0.3 is 5.97 Å². The van der Waals surface area contributed by atoms with Crippen LogP contribution in [0.2, 0.25) is 0 Å². The Morgan fingerprint density at radius 2 is 1.62 bits per heavy atom. The lowest BCUT2D eigenvalue weighted by atomic mass is 9.90. The van der Waals surface area contributed by atoms with Crippen molar-refractivity contribution in [3.63, 3.8) is 0 Å². The largest absolute Gasteiger partial charge is 0.480 e. The minimum absolute atomic E-state index is 0.0571. The average Bonchev–Trinajstić information content (AvgIpc) is 3.21. The van der Waals surface area contributed by atoms with Crippen molar-refractivity contribution in [2.75, 3.05) is 18.0 Å². The number of carboxylic acids is 1. The first-order chi connectivity index (χ1) is 16.6. The van der Waals surface area contributed by atoms with E-state index >= 15 is 0 Å². The number of pyridine rings is 1. The Morgan fingerprint density at radius 1 is 0.941 bits per heavy atom. The summed E-state index contributed by atoms with van der Waals surface area (Å²) in [7, 11) is 0. The zero-order valence-corrected chi connectivity index (χ0v) is 19.1. The van der Waals surface area contributed by atoms with Crippen molar-refractivity contribution in [2.24, 2.45) is 0 Å². The highest BCUT2D eigenvalue weighted by Gasteiger charge is 2.44. The SMILES string of the molecule is O=C(O)[C@@H]1C[C@@H](N2CCCCc3ccncc32)CN1C(=O)C(c1ccccc1)c1ccccc1. The van der Waals surface area contributed by atoms with Crippen molar-refractivity contribution in [3.8, 4) is 0 Å². The summed E-state index contributed by atoms with van der Waals surface area (Å²) in [5.74, 6) is -1.65. The number of benzene rings is 2. The molecular weight excluding hydrogens is 426 g/mol. The first kappa shape index (κ1) is 22.1. The normalized spacial score (nSPS) is 20.1. The van der Waals surface area contributed by atoms with E-state index in [-0.39, 0.29) is 11.9 Å². The van der Waals surface area contributed by atoms with Crippen LogP contribution in [0.4, 0.5) is 5.69 Å². The van der Waals surface area contributed by atoms with Crippen LogP contribution < -0.4 is 4.90 Å². The van der Waals surface area contributed by atoms with E-state index in [4.69, 9.17) is 0 Å². The molecule has 3 heterocycles. The summed E-state index contributed by atoms with van der Waals surface area (Å²) in [5.41, 5.74) is 4.06. The Kier molecular flexibility index (Phi) is 6.30. The fourth-order valence-corrected chi connectivity index (χ4v) is 5.43. The third-order valence-electron chi connectivity index (χ3n) is 7.09. The first-order valence-electron chi connectivity index (χ1n) is 12.0. The van der Waals surface area contributed by atoms with Crippen molar-refractivity contribution < 1.29 is 14.7 Å². The molecule has 34 heavy (non-hydrogen) atoms. The van der Waals surface area contributed by atoms with Gasteiger partial charge in [0, 0.05) is 31.7 Å². The Morgan fingerprint density at radius 3 is 2.26 bits per heavy atom. The van der Waals surface area contributed by atoms with Crippen LogP contribution in [0.5, 0.6) is 0 Å². The number of aliphatic carboxylic acids is 1. The number of hydrogen-bond acceptors (Lipinski definition) is 4. The van der Waals surface area contributed by atoms with Gasteiger partial charge in [-0.05, 0) is 42.0 Å². The number of likely N-dealkylation sites (tertiary alicyclic amines) is 1. The van der Waals surface area contributed by atoms with Crippen LogP contribution in [0.3, 0.4) is 0 Å². The molecule has 2 aromatic carbocycles. The maximum Gasteiger partial charge on any atom is 0.326 e. The third-order valence-corrected chi connectivity index (χ3v) is 7.09. The second kappa shape index (κ2) is 9.67. The van der Waals surface area contributed by atoms with Gasteiger partial charge in [-0.15, -0.1) is 0 Å². The minimum atomic E-state index is -0.947. The zero-order chi connectivity index (χ0) is 23.5. The molecular formula is C28H29N3O3. The van der Waals surface area contributed by atoms with E-state index in [0.29, 0.717) is 13.0 Å². The van der Waals surface area contributed by atoms with Crippen molar-refractivity contribution in [3.05, 3.63) is 95.8 Å². The molecule has 174 valence electrons. The number of hydrogen-bond donors (Lipinski definition) is 1. The van der Waals surface area contributed by atoms with Crippen molar-refractivity contribution >= 4 is 17.6 Å². The monoisotopic (exact) mass is 455 g/mol. The van der Waals surface area contributed by atoms with Crippen LogP contribution >= 0.6 is 0 Å². The van der Waals surface area contributed by atoms with E-state index in [9.17, 15) is 14.7 Å². The van der Waals surface area contributed by atoms with E-state index in [1.165, 1.54) is 5.56 Å². The van der Waals surface area contributed by atoms with Gasteiger partial charge in [0.1, 0.15) is 6.04 Å². The summed E-state index contributed by atoms with van der Waals surface area (Å²) in [6, 6.07) is 20.4. The number of anilines is 1. The van der Waals surface area contributed by atoms with Gasteiger partial charge in [0.15, 0.2) is 0 Å². The molecule has 2 aliphatic heterocycles. The van der Waals surface area contributed by atoms with Crippen LogP contribution in [0.15, 0.2) is 79.1 Å². The Bertz CT molecular complexity index is 1110. The van der Waals surface area contributed by atoms with Crippen molar-refractivity contribution in [1.82, 2.24) is 9.88 Å². The second-order valence-electron chi connectivity index (χ2n) is 9.14. The van der Waals surface area contributed by atoms with Crippen LogP contribution in [0.1, 0.15) is 41.9 Å². The number of carbonyl (C=O) groups is 2. The van der Waals surface area contributed by atoms with E-state index in [1.807, 2.05) is 73.1 Å². The topological polar surface area (TPSA) is 73.7 Å². The van der Waals surface area contributed by atoms with Gasteiger partial charge in [0.05, 0.1) is 17.8 Å². The molecule has 1 fully saturated rings. The van der Waals surface area contributed by atoms with E-state index < -0.39 is 17.9 Å². The van der Waals surface area contributed by atoms with E-state index in [1.54, 1.807) is 4.90 Å². The van der Waals surface area contributed by atoms with Crippen LogP contribution in [-0.4, -0.2) is 52.0 Å². The molecule has 0 bridgehead atoms. The molecule has 0 saturated carbocycles. The third kappa shape index (κ3) is 4.28. The van der Waals surface area contributed by atoms with Crippen molar-refractivity contribution in [2.45, 2.75) is 43.7 Å². The summed E-state index contributed by atoms with van der Waals surface area (Å²) in [6.45, 7) is 1.23. The highest BCUT2D eigenvalue weighted by atomic mass is 16.4. The van der Waals surface area contributed by atoms with Crippen LogP contribution in [0, 0.1) is 0 Å². The molecule has 0 radical (unpaired) electrons. The quantitative estimate of drug-likeness (QED) is 0.627. The number of aromatic nitrogens is 1. The molecule has 6 heteroatoms. The lowest BCUT2D eigenvalue weighted by Gasteiger charge is -2.31. The Balaban J connectivity index is 1.49. The number of amides is 1. The summed E-state index contributed by atoms with van der Waals surface area (Å²) < 4.78 is 0. The first-order valence-corrected chi connectivity index (χ1v) is 12.0. The summed E-state index contributed by atoms with van der Waals surface area (Å²) >= 11 is 0. The maximum atomic E-state index is 14.0. The number of carboxylic acid groups (broad SMARTS) is 1. The van der Waals surface area contributed by atoms with Gasteiger partial charge in [0.2, 0.25) is 5.91 Å². The fourth-order valence-electron chi connectivity index (χ4n) is 5.43. The highest BCUT2D eigenvalue weighted by Crippen LogP contribution is 2.35. The average molecular weight is 456 g/mol. The summed E-state index contributed by atoms with van der Waals surface area (Å²) in [6.07, 6.45) is 7.24. The molecule has 1 aromatic heterocycles. The Labute approximate surface area is 199 Å². The number of nitrogens with zero attached hydrogens (tertiary/aromatic N) is 3. The van der Waals surface area contributed by atoms with Gasteiger partial charge in [-0.3, -0.25) is 9.78 Å². The maximum absolute atomic E-state index is 14.0. The molecule has 2 aliphatic rings. The van der Waals surface area contributed by atoms with Crippen LogP contribution in [0.25, 0.3) is 0 Å². The van der Waals surface area contributed by atoms with Gasteiger partial charge in [0.25, 0.3) is 0 Å². The highest BCUT2D eigenvalue weighted by molar-refractivity contribution is 5.91. The lowest BCUT2D eigenvalue weighted by Crippen LogP contribution is -2.44. The fraction of sp³-hybridized carbons (Fsp3) is 0.321. The Hall–Kier alpha value is -3.67. The number of aryl methyl sites for hydroxylation is 1. The van der Waals surface area contributed by atoms with Gasteiger partial charge in [-0.25, -0.2) is 4.79 Å². The molecule has 0 aliphatic carbocycles. The number of carbonyl (C=O) groups excluding carboxylic acids is 1. The zero-order valence-electron chi connectivity index (χ0n) is 19.1. The predicted octanol–water partition coefficient (Wildman–Crippen LogP) is 4.11. The number of fused-ring (bicyclic) bond motifs is 1. The van der Waals surface area contributed by atoms with E-state index in [2.05, 4.69) is 16.0 Å². The van der Waals surface area contributed by atoms with Gasteiger partial charge in [-0.1, -0.05) is 60.7 Å². The smallest absolute Gasteiger partial charge is 0.326 e. The lowest BCUT2D eigenvalue weighted by molar-refractivity contribution is -0.148. The molecule has 1 saturated heterocycles. The summed E-state index contributed by atoms with van der Waals surface area (Å²) in [5, 5.41) is 10.1. The minimum Gasteiger partial charge on any atom is -0.480 e.